The van der Waals surface area contributed by atoms with Gasteiger partial charge in [0.05, 0.1) is 13.2 Å². The highest BCUT2D eigenvalue weighted by Gasteiger charge is 2.39. The van der Waals surface area contributed by atoms with Crippen molar-refractivity contribution in [2.75, 3.05) is 46.4 Å². The van der Waals surface area contributed by atoms with Crippen molar-refractivity contribution in [1.29, 1.82) is 0 Å². The maximum atomic E-state index is 13.0. The van der Waals surface area contributed by atoms with Crippen molar-refractivity contribution in [3.63, 3.8) is 0 Å². The van der Waals surface area contributed by atoms with Gasteiger partial charge in [-0.15, -0.1) is 0 Å². The number of piperidine rings is 1. The maximum Gasteiger partial charge on any atom is 0.226 e. The molecule has 2 heterocycles. The van der Waals surface area contributed by atoms with Gasteiger partial charge in [-0.2, -0.15) is 0 Å². The van der Waals surface area contributed by atoms with Crippen molar-refractivity contribution < 1.29 is 14.3 Å². The number of ether oxygens (including phenoxy) is 1. The van der Waals surface area contributed by atoms with Gasteiger partial charge in [0, 0.05) is 38.5 Å². The molecule has 2 amide bonds. The highest BCUT2D eigenvalue weighted by molar-refractivity contribution is 5.82. The molecule has 6 heteroatoms. The van der Waals surface area contributed by atoms with Gasteiger partial charge in [0.1, 0.15) is 5.75 Å². The standard InChI is InChI=1S/C25H37N3O3/c1-31-23-7-5-6-20(18-23)8-11-24(29)27-15-12-22(19-27)28(25(30)21-9-10-21)17-16-26-13-3-2-4-14-26/h5-7,18,21-22H,2-4,8-17,19H2,1H3. The van der Waals surface area contributed by atoms with Crippen molar-refractivity contribution in [1.82, 2.24) is 14.7 Å². The predicted molar refractivity (Wildman–Crippen MR) is 121 cm³/mol. The Balaban J connectivity index is 1.29. The minimum absolute atomic E-state index is 0.179. The molecule has 170 valence electrons. The van der Waals surface area contributed by atoms with Crippen molar-refractivity contribution >= 4 is 11.8 Å². The SMILES string of the molecule is COc1cccc(CCC(=O)N2CCC(N(CCN3CCCCC3)C(=O)C3CC3)C2)c1. The van der Waals surface area contributed by atoms with Gasteiger partial charge < -0.3 is 19.4 Å². The second-order valence-electron chi connectivity index (χ2n) is 9.34. The summed E-state index contributed by atoms with van der Waals surface area (Å²) in [5.74, 6) is 1.58. The van der Waals surface area contributed by atoms with Crippen LogP contribution >= 0.6 is 0 Å². The second-order valence-corrected chi connectivity index (χ2v) is 9.34. The van der Waals surface area contributed by atoms with Gasteiger partial charge in [0.25, 0.3) is 0 Å². The molecule has 6 nitrogen and oxygen atoms in total. The minimum atomic E-state index is 0.179. The van der Waals surface area contributed by atoms with Gasteiger partial charge in [-0.3, -0.25) is 9.59 Å². The van der Waals surface area contributed by atoms with Crippen LogP contribution in [0.15, 0.2) is 24.3 Å². The van der Waals surface area contributed by atoms with Crippen LogP contribution in [0.5, 0.6) is 5.75 Å². The van der Waals surface area contributed by atoms with E-state index in [0.717, 1.165) is 69.7 Å². The number of carbonyl (C=O) groups excluding carboxylic acids is 2. The first-order valence-corrected chi connectivity index (χ1v) is 12.1. The number of rotatable bonds is 9. The Morgan fingerprint density at radius 1 is 1.10 bits per heavy atom. The van der Waals surface area contributed by atoms with Crippen LogP contribution < -0.4 is 4.74 Å². The molecule has 0 aromatic heterocycles. The van der Waals surface area contributed by atoms with Crippen LogP contribution in [0.2, 0.25) is 0 Å². The Bertz CT molecular complexity index is 758. The van der Waals surface area contributed by atoms with Crippen molar-refractivity contribution in [3.05, 3.63) is 29.8 Å². The van der Waals surface area contributed by atoms with Crippen LogP contribution in [0, 0.1) is 5.92 Å². The number of likely N-dealkylation sites (tertiary alicyclic amines) is 2. The van der Waals surface area contributed by atoms with E-state index in [1.165, 1.54) is 19.3 Å². The zero-order valence-corrected chi connectivity index (χ0v) is 18.9. The molecule has 1 saturated carbocycles. The molecule has 31 heavy (non-hydrogen) atoms. The minimum Gasteiger partial charge on any atom is -0.497 e. The number of amides is 2. The van der Waals surface area contributed by atoms with Crippen LogP contribution in [0.25, 0.3) is 0 Å². The molecular weight excluding hydrogens is 390 g/mol. The van der Waals surface area contributed by atoms with Crippen LogP contribution in [-0.4, -0.2) is 78.9 Å². The summed E-state index contributed by atoms with van der Waals surface area (Å²) in [5, 5.41) is 0. The number of aryl methyl sites for hydroxylation is 1. The average molecular weight is 428 g/mol. The maximum absolute atomic E-state index is 13.0. The Hall–Kier alpha value is -2.08. The fourth-order valence-corrected chi connectivity index (χ4v) is 4.93. The summed E-state index contributed by atoms with van der Waals surface area (Å²) in [4.78, 5) is 32.5. The molecule has 0 bridgehead atoms. The number of methoxy groups -OCH3 is 1. The molecular formula is C25H37N3O3. The van der Waals surface area contributed by atoms with Gasteiger partial charge in [-0.25, -0.2) is 0 Å². The first-order chi connectivity index (χ1) is 15.1. The highest BCUT2D eigenvalue weighted by Crippen LogP contribution is 2.33. The van der Waals surface area contributed by atoms with Crippen LogP contribution in [0.3, 0.4) is 0 Å². The predicted octanol–water partition coefficient (Wildman–Crippen LogP) is 2.95. The Labute approximate surface area is 186 Å². The van der Waals surface area contributed by atoms with Gasteiger partial charge in [-0.1, -0.05) is 18.6 Å². The van der Waals surface area contributed by atoms with Gasteiger partial charge in [-0.05, 0) is 69.3 Å². The first-order valence-electron chi connectivity index (χ1n) is 12.1. The van der Waals surface area contributed by atoms with E-state index in [0.29, 0.717) is 18.9 Å². The third-order valence-corrected chi connectivity index (χ3v) is 7.03. The molecule has 1 aliphatic carbocycles. The fraction of sp³-hybridized carbons (Fsp3) is 0.680. The Kier molecular flexibility index (Phi) is 7.49. The lowest BCUT2D eigenvalue weighted by atomic mass is 10.1. The summed E-state index contributed by atoms with van der Waals surface area (Å²) < 4.78 is 5.28. The Morgan fingerprint density at radius 3 is 2.65 bits per heavy atom. The van der Waals surface area contributed by atoms with Gasteiger partial charge in [0.2, 0.25) is 11.8 Å². The average Bonchev–Trinajstić information content (AvgIpc) is 3.55. The van der Waals surface area contributed by atoms with E-state index in [-0.39, 0.29) is 17.9 Å². The van der Waals surface area contributed by atoms with Gasteiger partial charge in [0.15, 0.2) is 0 Å². The van der Waals surface area contributed by atoms with E-state index >= 15 is 0 Å². The van der Waals surface area contributed by atoms with Gasteiger partial charge >= 0.3 is 0 Å². The zero-order chi connectivity index (χ0) is 21.6. The van der Waals surface area contributed by atoms with E-state index in [1.54, 1.807) is 7.11 Å². The summed E-state index contributed by atoms with van der Waals surface area (Å²) in [6.45, 7) is 5.55. The van der Waals surface area contributed by atoms with Crippen LogP contribution in [0.4, 0.5) is 0 Å². The Morgan fingerprint density at radius 2 is 1.90 bits per heavy atom. The molecule has 1 aromatic rings. The van der Waals surface area contributed by atoms with E-state index in [4.69, 9.17) is 4.74 Å². The van der Waals surface area contributed by atoms with E-state index in [9.17, 15) is 9.59 Å². The third kappa shape index (κ3) is 6.00. The lowest BCUT2D eigenvalue weighted by molar-refractivity contribution is -0.136. The smallest absolute Gasteiger partial charge is 0.226 e. The van der Waals surface area contributed by atoms with Crippen LogP contribution in [-0.2, 0) is 16.0 Å². The van der Waals surface area contributed by atoms with Crippen molar-refractivity contribution in [2.24, 2.45) is 5.92 Å². The quantitative estimate of drug-likeness (QED) is 0.608. The second kappa shape index (κ2) is 10.5. The number of hydrogen-bond acceptors (Lipinski definition) is 4. The largest absolute Gasteiger partial charge is 0.497 e. The third-order valence-electron chi connectivity index (χ3n) is 7.03. The molecule has 2 aliphatic heterocycles. The molecule has 3 aliphatic rings. The fourth-order valence-electron chi connectivity index (χ4n) is 4.93. The molecule has 2 saturated heterocycles. The molecule has 1 aromatic carbocycles. The summed E-state index contributed by atoms with van der Waals surface area (Å²) >= 11 is 0. The molecule has 0 N–H and O–H groups in total. The van der Waals surface area contributed by atoms with Crippen molar-refractivity contribution in [3.8, 4) is 5.75 Å². The summed E-state index contributed by atoms with van der Waals surface area (Å²) in [6.07, 6.45) is 8.08. The number of nitrogens with zero attached hydrogens (tertiary/aromatic N) is 3. The van der Waals surface area contributed by atoms with Crippen LogP contribution in [0.1, 0.15) is 50.5 Å². The lowest BCUT2D eigenvalue weighted by Gasteiger charge is -2.33. The normalized spacial score (nSPS) is 21.8. The zero-order valence-electron chi connectivity index (χ0n) is 18.9. The lowest BCUT2D eigenvalue weighted by Crippen LogP contribution is -2.47. The molecule has 4 rings (SSSR count). The number of benzene rings is 1. The number of hydrogen-bond donors (Lipinski definition) is 0. The molecule has 1 unspecified atom stereocenters. The summed E-state index contributed by atoms with van der Waals surface area (Å²) in [5.41, 5.74) is 1.12. The van der Waals surface area contributed by atoms with E-state index in [1.807, 2.05) is 29.2 Å². The molecule has 0 spiro atoms. The van der Waals surface area contributed by atoms with Crippen molar-refractivity contribution in [2.45, 2.75) is 57.4 Å². The topological polar surface area (TPSA) is 53.1 Å². The highest BCUT2D eigenvalue weighted by atomic mass is 16.5. The molecule has 1 atom stereocenters. The number of carbonyl (C=O) groups is 2. The van der Waals surface area contributed by atoms with E-state index < -0.39 is 0 Å². The van der Waals surface area contributed by atoms with E-state index in [2.05, 4.69) is 9.80 Å². The monoisotopic (exact) mass is 427 g/mol. The first kappa shape index (κ1) is 22.1. The summed E-state index contributed by atoms with van der Waals surface area (Å²) in [6, 6.07) is 8.11. The molecule has 0 radical (unpaired) electrons. The molecule has 3 fully saturated rings. The summed E-state index contributed by atoms with van der Waals surface area (Å²) in [7, 11) is 1.66.